The molecule has 0 heterocycles. The fourth-order valence-electron chi connectivity index (χ4n) is 3.15. The van der Waals surface area contributed by atoms with Crippen molar-refractivity contribution in [2.24, 2.45) is 5.16 Å². The van der Waals surface area contributed by atoms with Crippen LogP contribution in [-0.4, -0.2) is 69.3 Å². The van der Waals surface area contributed by atoms with Gasteiger partial charge in [0.2, 0.25) is 10.0 Å². The van der Waals surface area contributed by atoms with E-state index in [0.29, 0.717) is 5.71 Å². The van der Waals surface area contributed by atoms with E-state index in [1.807, 2.05) is 48.5 Å². The number of oxime groups is 1. The topological polar surface area (TPSA) is 88.4 Å². The van der Waals surface area contributed by atoms with Gasteiger partial charge in [-0.15, -0.1) is 0 Å². The lowest BCUT2D eigenvalue weighted by Gasteiger charge is -2.22. The van der Waals surface area contributed by atoms with E-state index in [2.05, 4.69) is 5.16 Å². The van der Waals surface area contributed by atoms with Gasteiger partial charge in [-0.3, -0.25) is 0 Å². The minimum Gasteiger partial charge on any atom is -0.392 e. The van der Waals surface area contributed by atoms with Crippen molar-refractivity contribution in [3.05, 3.63) is 59.7 Å². The van der Waals surface area contributed by atoms with Crippen LogP contribution in [0.15, 0.2) is 53.7 Å². The van der Waals surface area contributed by atoms with Crippen LogP contribution in [0.3, 0.4) is 0 Å². The lowest BCUT2D eigenvalue weighted by atomic mass is 10.1. The van der Waals surface area contributed by atoms with Gasteiger partial charge in [0.05, 0.1) is 12.9 Å². The summed E-state index contributed by atoms with van der Waals surface area (Å²) in [5, 5.41) is 14.4. The number of aliphatic hydroxyl groups is 1. The molecule has 0 radical (unpaired) electrons. The average Bonchev–Trinajstić information content (AvgIpc) is 2.98. The zero-order chi connectivity index (χ0) is 20.1. The molecule has 0 aromatic heterocycles. The van der Waals surface area contributed by atoms with Gasteiger partial charge in [0.25, 0.3) is 0 Å². The summed E-state index contributed by atoms with van der Waals surface area (Å²) in [4.78, 5) is 5.40. The van der Waals surface area contributed by atoms with Crippen molar-refractivity contribution in [1.82, 2.24) is 4.31 Å². The molecule has 7 nitrogen and oxygen atoms in total. The van der Waals surface area contributed by atoms with Crippen molar-refractivity contribution in [1.29, 1.82) is 0 Å². The normalized spacial score (nSPS) is 13.9. The molecule has 0 fully saturated rings. The van der Waals surface area contributed by atoms with Gasteiger partial charge in [0.1, 0.15) is 18.4 Å². The molecule has 8 heteroatoms. The molecule has 3 rings (SSSR count). The molecule has 1 aliphatic rings. The second kappa shape index (κ2) is 8.83. The minimum absolute atomic E-state index is 0.0831. The molecule has 0 bridgehead atoms. The fourth-order valence-corrected chi connectivity index (χ4v) is 4.00. The summed E-state index contributed by atoms with van der Waals surface area (Å²) >= 11 is 0. The van der Waals surface area contributed by atoms with E-state index in [1.165, 1.54) is 7.11 Å². The number of hydrogen-bond donors (Lipinski definition) is 1. The number of ether oxygens (including phenoxy) is 1. The molecule has 28 heavy (non-hydrogen) atoms. The number of sulfonamides is 1. The second-order valence-corrected chi connectivity index (χ2v) is 8.58. The summed E-state index contributed by atoms with van der Waals surface area (Å²) in [6, 6.07) is 15.8. The summed E-state index contributed by atoms with van der Waals surface area (Å²) < 4.78 is 29.7. The maximum absolute atomic E-state index is 11.8. The lowest BCUT2D eigenvalue weighted by Crippen LogP contribution is -2.40. The van der Waals surface area contributed by atoms with Crippen LogP contribution in [0.1, 0.15) is 11.1 Å². The van der Waals surface area contributed by atoms with Gasteiger partial charge in [-0.1, -0.05) is 53.7 Å². The van der Waals surface area contributed by atoms with Crippen molar-refractivity contribution in [3.63, 3.8) is 0 Å². The smallest absolute Gasteiger partial charge is 0.211 e. The summed E-state index contributed by atoms with van der Waals surface area (Å²) in [5.41, 5.74) is 4.82. The van der Waals surface area contributed by atoms with Crippen molar-refractivity contribution in [2.75, 3.05) is 39.7 Å². The highest BCUT2D eigenvalue weighted by Gasteiger charge is 2.25. The predicted molar refractivity (Wildman–Crippen MR) is 108 cm³/mol. The molecule has 2 aromatic carbocycles. The first-order valence-electron chi connectivity index (χ1n) is 8.93. The van der Waals surface area contributed by atoms with Gasteiger partial charge >= 0.3 is 0 Å². The molecule has 1 atom stereocenters. The van der Waals surface area contributed by atoms with Gasteiger partial charge in [0.15, 0.2) is 0 Å². The van der Waals surface area contributed by atoms with Gasteiger partial charge in [0, 0.05) is 31.3 Å². The third-order valence-corrected chi connectivity index (χ3v) is 5.78. The highest BCUT2D eigenvalue weighted by Crippen LogP contribution is 2.36. The first kappa shape index (κ1) is 20.5. The van der Waals surface area contributed by atoms with E-state index in [1.54, 1.807) is 0 Å². The zero-order valence-electron chi connectivity index (χ0n) is 15.9. The molecular formula is C20H24N2O5S. The van der Waals surface area contributed by atoms with E-state index >= 15 is 0 Å². The summed E-state index contributed by atoms with van der Waals surface area (Å²) in [7, 11) is -1.96. The van der Waals surface area contributed by atoms with Crippen LogP contribution >= 0.6 is 0 Å². The van der Waals surface area contributed by atoms with Gasteiger partial charge < -0.3 is 14.7 Å². The number of fused-ring (bicyclic) bond motifs is 3. The van der Waals surface area contributed by atoms with Crippen molar-refractivity contribution in [3.8, 4) is 11.1 Å². The van der Waals surface area contributed by atoms with E-state index in [9.17, 15) is 13.5 Å². The Balaban J connectivity index is 1.69. The first-order valence-corrected chi connectivity index (χ1v) is 10.8. The van der Waals surface area contributed by atoms with E-state index < -0.39 is 16.1 Å². The first-order chi connectivity index (χ1) is 13.4. The lowest BCUT2D eigenvalue weighted by molar-refractivity contribution is 0.0286. The predicted octanol–water partition coefficient (Wildman–Crippen LogP) is 1.70. The van der Waals surface area contributed by atoms with Crippen LogP contribution in [-0.2, 0) is 19.6 Å². The fraction of sp³-hybridized carbons (Fsp3) is 0.350. The second-order valence-electron chi connectivity index (χ2n) is 6.59. The Morgan fingerprint density at radius 3 is 2.07 bits per heavy atom. The van der Waals surface area contributed by atoms with Crippen LogP contribution in [0, 0.1) is 0 Å². The van der Waals surface area contributed by atoms with Gasteiger partial charge in [-0.2, -0.15) is 4.31 Å². The third-order valence-electron chi connectivity index (χ3n) is 4.51. The largest absolute Gasteiger partial charge is 0.392 e. The van der Waals surface area contributed by atoms with Crippen LogP contribution in [0.5, 0.6) is 0 Å². The third kappa shape index (κ3) is 4.59. The van der Waals surface area contributed by atoms with Crippen LogP contribution in [0.2, 0.25) is 0 Å². The summed E-state index contributed by atoms with van der Waals surface area (Å²) in [6.07, 6.45) is 0.0888. The molecule has 0 aliphatic heterocycles. The van der Waals surface area contributed by atoms with Crippen LogP contribution in [0.4, 0.5) is 0 Å². The highest BCUT2D eigenvalue weighted by molar-refractivity contribution is 7.88. The number of hydrogen-bond acceptors (Lipinski definition) is 6. The number of rotatable bonds is 9. The molecule has 2 aromatic rings. The van der Waals surface area contributed by atoms with Crippen molar-refractivity contribution >= 4 is 15.7 Å². The number of aliphatic hydroxyl groups excluding tert-OH is 1. The maximum atomic E-state index is 11.8. The van der Waals surface area contributed by atoms with Crippen molar-refractivity contribution in [2.45, 2.75) is 6.10 Å². The summed E-state index contributed by atoms with van der Waals surface area (Å²) in [6.45, 7) is 0.214. The molecule has 0 spiro atoms. The molecule has 1 N–H and O–H groups in total. The Morgan fingerprint density at radius 1 is 1.04 bits per heavy atom. The van der Waals surface area contributed by atoms with Crippen molar-refractivity contribution < 1.29 is 23.1 Å². The van der Waals surface area contributed by atoms with Crippen LogP contribution < -0.4 is 0 Å². The molecule has 1 aliphatic carbocycles. The number of nitrogens with zero attached hydrogens (tertiary/aromatic N) is 2. The Bertz CT molecular complexity index is 911. The van der Waals surface area contributed by atoms with Gasteiger partial charge in [-0.05, 0) is 11.1 Å². The molecule has 0 amide bonds. The molecule has 150 valence electrons. The summed E-state index contributed by atoms with van der Waals surface area (Å²) in [5.74, 6) is 0. The highest BCUT2D eigenvalue weighted by atomic mass is 32.2. The molecular weight excluding hydrogens is 380 g/mol. The molecule has 0 unspecified atom stereocenters. The SMILES string of the molecule is COCCN(C[C@@H](O)CON=C1c2ccccc2-c2ccccc21)S(C)(=O)=O. The van der Waals surface area contributed by atoms with E-state index in [4.69, 9.17) is 9.57 Å². The van der Waals surface area contributed by atoms with Crippen LogP contribution in [0.25, 0.3) is 11.1 Å². The van der Waals surface area contributed by atoms with Gasteiger partial charge in [-0.25, -0.2) is 8.42 Å². The standard InChI is InChI=1S/C20H24N2O5S/c1-26-12-11-22(28(2,24)25)13-15(23)14-27-21-20-18-9-5-3-7-16(18)17-8-4-6-10-19(17)20/h3-10,15,23H,11-14H2,1-2H3/t15-/m1/s1. The maximum Gasteiger partial charge on any atom is 0.211 e. The monoisotopic (exact) mass is 404 g/mol. The number of benzene rings is 2. The number of methoxy groups -OCH3 is 1. The van der Waals surface area contributed by atoms with E-state index in [-0.39, 0.29) is 26.3 Å². The quantitative estimate of drug-likeness (QED) is 0.549. The molecule has 0 saturated heterocycles. The van der Waals surface area contributed by atoms with E-state index in [0.717, 1.165) is 32.8 Å². The zero-order valence-corrected chi connectivity index (χ0v) is 16.7. The Hall–Kier alpha value is -2.26. The Labute approximate surface area is 165 Å². The minimum atomic E-state index is -3.45. The Kier molecular flexibility index (Phi) is 6.46. The molecule has 0 saturated carbocycles. The average molecular weight is 404 g/mol. The Morgan fingerprint density at radius 2 is 1.57 bits per heavy atom.